The van der Waals surface area contributed by atoms with E-state index in [1.54, 1.807) is 17.5 Å². The summed E-state index contributed by atoms with van der Waals surface area (Å²) in [6.45, 7) is 0. The number of thiazole rings is 1. The quantitative estimate of drug-likeness (QED) is 0.695. The van der Waals surface area contributed by atoms with Gasteiger partial charge in [0.1, 0.15) is 10.7 Å². The van der Waals surface area contributed by atoms with E-state index in [-0.39, 0.29) is 0 Å². The maximum absolute atomic E-state index is 4.47. The van der Waals surface area contributed by atoms with Gasteiger partial charge in [-0.2, -0.15) is 5.43 Å². The highest BCUT2D eigenvalue weighted by Crippen LogP contribution is 2.22. The van der Waals surface area contributed by atoms with Crippen molar-refractivity contribution in [2.45, 2.75) is 0 Å². The van der Waals surface area contributed by atoms with Gasteiger partial charge in [0.25, 0.3) is 0 Å². The smallest absolute Gasteiger partial charge is 0.145 e. The van der Waals surface area contributed by atoms with Gasteiger partial charge in [-0.3, -0.25) is 0 Å². The highest BCUT2D eigenvalue weighted by atomic mass is 32.1. The zero-order valence-electron chi connectivity index (χ0n) is 7.21. The number of hydrogen-bond acceptors (Lipinski definition) is 3. The number of rotatable bonds is 1. The van der Waals surface area contributed by atoms with E-state index in [1.165, 1.54) is 4.70 Å². The molecule has 0 N–H and O–H groups in total. The first kappa shape index (κ1) is 7.70. The van der Waals surface area contributed by atoms with Crippen molar-refractivity contribution in [3.8, 4) is 0 Å². The predicted molar refractivity (Wildman–Crippen MR) is 57.4 cm³/mol. The van der Waals surface area contributed by atoms with E-state index < -0.39 is 0 Å². The third-order valence-electron chi connectivity index (χ3n) is 1.98. The van der Waals surface area contributed by atoms with Crippen LogP contribution in [0.3, 0.4) is 0 Å². The van der Waals surface area contributed by atoms with Gasteiger partial charge in [-0.1, -0.05) is 12.1 Å². The van der Waals surface area contributed by atoms with Crippen molar-refractivity contribution in [1.29, 1.82) is 0 Å². The molecule has 0 saturated heterocycles. The summed E-state index contributed by atoms with van der Waals surface area (Å²) < 4.78 is 1.19. The van der Waals surface area contributed by atoms with Crippen LogP contribution in [-0.4, -0.2) is 10.7 Å². The van der Waals surface area contributed by atoms with E-state index in [1.807, 2.05) is 24.3 Å². The number of benzene rings is 1. The average Bonchev–Trinajstić information content (AvgIpc) is 2.86. The molecule has 4 heteroatoms. The summed E-state index contributed by atoms with van der Waals surface area (Å²) in [5, 5.41) is 4.91. The topological polar surface area (TPSA) is 39.4 Å². The fraction of sp³-hybridized carbons (Fsp3) is 0. The summed E-state index contributed by atoms with van der Waals surface area (Å²) >= 11 is 1.64. The van der Waals surface area contributed by atoms with Crippen molar-refractivity contribution < 1.29 is 0 Å². The third kappa shape index (κ3) is 1.12. The van der Waals surface area contributed by atoms with E-state index in [4.69, 9.17) is 0 Å². The molecule has 1 aromatic carbocycles. The average molecular weight is 200 g/mol. The van der Waals surface area contributed by atoms with Crippen LogP contribution in [0.25, 0.3) is 10.2 Å². The molecule has 0 spiro atoms. The molecule has 2 heterocycles. The molecule has 1 aliphatic heterocycles. The number of hydrogen-bond donors (Lipinski definition) is 0. The fourth-order valence-corrected chi connectivity index (χ4v) is 2.26. The summed E-state index contributed by atoms with van der Waals surface area (Å²) in [5.74, 6) is 0. The molecule has 2 aromatic rings. The Morgan fingerprint density at radius 2 is 2.07 bits per heavy atom. The Labute approximate surface area is 84.8 Å². The van der Waals surface area contributed by atoms with Crippen LogP contribution >= 0.6 is 11.3 Å². The molecule has 0 bridgehead atoms. The van der Waals surface area contributed by atoms with E-state index in [0.29, 0.717) is 0 Å². The van der Waals surface area contributed by atoms with Crippen LogP contribution in [0, 0.1) is 0 Å². The lowest BCUT2D eigenvalue weighted by atomic mass is 10.3. The van der Waals surface area contributed by atoms with Crippen LogP contribution in [0.2, 0.25) is 0 Å². The van der Waals surface area contributed by atoms with Crippen molar-refractivity contribution in [1.82, 2.24) is 10.4 Å². The SMILES string of the molecule is C1=CC(c2nc3ccccc3s2)=N[N]1. The molecule has 3 rings (SSSR count). The Morgan fingerprint density at radius 1 is 1.14 bits per heavy atom. The highest BCUT2D eigenvalue weighted by molar-refractivity contribution is 7.20. The minimum Gasteiger partial charge on any atom is -0.234 e. The van der Waals surface area contributed by atoms with Gasteiger partial charge in [0.2, 0.25) is 0 Å². The number of aromatic nitrogens is 1. The summed E-state index contributed by atoms with van der Waals surface area (Å²) in [6, 6.07) is 8.07. The van der Waals surface area contributed by atoms with Gasteiger partial charge in [-0.15, -0.1) is 16.4 Å². The molecule has 0 aliphatic carbocycles. The molecule has 3 nitrogen and oxygen atoms in total. The molecule has 0 atom stereocenters. The second kappa shape index (κ2) is 2.92. The van der Waals surface area contributed by atoms with E-state index >= 15 is 0 Å². The first-order chi connectivity index (χ1) is 6.93. The van der Waals surface area contributed by atoms with Gasteiger partial charge in [-0.05, 0) is 18.2 Å². The molecule has 1 aliphatic rings. The first-order valence-electron chi connectivity index (χ1n) is 4.24. The van der Waals surface area contributed by atoms with Crippen LogP contribution < -0.4 is 5.43 Å². The van der Waals surface area contributed by atoms with Crippen molar-refractivity contribution >= 4 is 27.3 Å². The van der Waals surface area contributed by atoms with E-state index in [2.05, 4.69) is 21.6 Å². The molecule has 0 unspecified atom stereocenters. The normalized spacial score (nSPS) is 14.4. The van der Waals surface area contributed by atoms with Crippen LogP contribution in [0.4, 0.5) is 0 Å². The molecule has 0 saturated carbocycles. The van der Waals surface area contributed by atoms with Crippen LogP contribution in [-0.2, 0) is 0 Å². The lowest BCUT2D eigenvalue weighted by Crippen LogP contribution is -1.92. The summed E-state index contributed by atoms with van der Waals surface area (Å²) in [4.78, 5) is 4.47. The fourth-order valence-electron chi connectivity index (χ4n) is 1.33. The third-order valence-corrected chi connectivity index (χ3v) is 3.04. The van der Waals surface area contributed by atoms with Crippen LogP contribution in [0.1, 0.15) is 5.01 Å². The highest BCUT2D eigenvalue weighted by Gasteiger charge is 2.10. The predicted octanol–water partition coefficient (Wildman–Crippen LogP) is 2.13. The summed E-state index contributed by atoms with van der Waals surface area (Å²) in [6.07, 6.45) is 3.55. The second-order valence-electron chi connectivity index (χ2n) is 2.90. The summed E-state index contributed by atoms with van der Waals surface area (Å²) in [7, 11) is 0. The van der Waals surface area contributed by atoms with Gasteiger partial charge in [0, 0.05) is 0 Å². The number of allylic oxidation sites excluding steroid dienone is 1. The van der Waals surface area contributed by atoms with Crippen molar-refractivity contribution in [3.05, 3.63) is 41.5 Å². The Hall–Kier alpha value is -1.68. The first-order valence-corrected chi connectivity index (χ1v) is 5.05. The minimum atomic E-state index is 0.853. The molecule has 0 fully saturated rings. The zero-order chi connectivity index (χ0) is 9.38. The Balaban J connectivity index is 2.19. The molecular formula is C10H6N3S. The zero-order valence-corrected chi connectivity index (χ0v) is 8.03. The lowest BCUT2D eigenvalue weighted by Gasteiger charge is -1.85. The minimum absolute atomic E-state index is 0.853. The summed E-state index contributed by atoms with van der Waals surface area (Å²) in [5.41, 5.74) is 5.66. The molecule has 14 heavy (non-hydrogen) atoms. The van der Waals surface area contributed by atoms with E-state index in [9.17, 15) is 0 Å². The molecule has 0 amide bonds. The second-order valence-corrected chi connectivity index (χ2v) is 3.93. The Morgan fingerprint density at radius 3 is 2.86 bits per heavy atom. The Bertz CT molecular complexity index is 506. The van der Waals surface area contributed by atoms with Crippen molar-refractivity contribution in [2.75, 3.05) is 0 Å². The van der Waals surface area contributed by atoms with Gasteiger partial charge in [0.05, 0.1) is 16.4 Å². The number of para-hydroxylation sites is 1. The van der Waals surface area contributed by atoms with Gasteiger partial charge in [-0.25, -0.2) is 4.98 Å². The van der Waals surface area contributed by atoms with Crippen LogP contribution in [0.15, 0.2) is 41.6 Å². The van der Waals surface area contributed by atoms with Crippen molar-refractivity contribution in [2.24, 2.45) is 5.10 Å². The molecule has 1 radical (unpaired) electrons. The molecular weight excluding hydrogens is 194 g/mol. The standard InChI is InChI=1S/C10H6N3S/c1-2-4-9-7(3-1)12-10(14-9)8-5-6-11-13-8/h1-6H. The monoisotopic (exact) mass is 200 g/mol. The number of fused-ring (bicyclic) bond motifs is 1. The molecule has 1 aromatic heterocycles. The van der Waals surface area contributed by atoms with Gasteiger partial charge < -0.3 is 0 Å². The molecule has 67 valence electrons. The Kier molecular flexibility index (Phi) is 1.61. The van der Waals surface area contributed by atoms with Crippen molar-refractivity contribution in [3.63, 3.8) is 0 Å². The van der Waals surface area contributed by atoms with Crippen LogP contribution in [0.5, 0.6) is 0 Å². The van der Waals surface area contributed by atoms with E-state index in [0.717, 1.165) is 16.2 Å². The maximum atomic E-state index is 4.47. The lowest BCUT2D eigenvalue weighted by molar-refractivity contribution is 0.972. The van der Waals surface area contributed by atoms with Gasteiger partial charge >= 0.3 is 0 Å². The van der Waals surface area contributed by atoms with Gasteiger partial charge in [0.15, 0.2) is 0 Å². The largest absolute Gasteiger partial charge is 0.234 e. The number of nitrogens with zero attached hydrogens (tertiary/aromatic N) is 3. The maximum Gasteiger partial charge on any atom is 0.145 e.